The van der Waals surface area contributed by atoms with Crippen molar-refractivity contribution in [2.24, 2.45) is 17.8 Å². The molecule has 0 saturated carbocycles. The summed E-state index contributed by atoms with van der Waals surface area (Å²) in [5, 5.41) is 38.0. The van der Waals surface area contributed by atoms with E-state index in [9.17, 15) is 39.6 Å². The van der Waals surface area contributed by atoms with Gasteiger partial charge in [0.1, 0.15) is 17.8 Å². The molecular formula is C33H55ClMgO13. The number of aliphatic hydroxyl groups is 4. The molecule has 0 aromatic heterocycles. The average Bonchev–Trinajstić information content (AvgIpc) is 3.36. The van der Waals surface area contributed by atoms with Gasteiger partial charge in [-0.25, -0.2) is 14.4 Å². The fourth-order valence-electron chi connectivity index (χ4n) is 3.62. The Labute approximate surface area is 307 Å². The minimum absolute atomic E-state index is 0. The van der Waals surface area contributed by atoms with Crippen LogP contribution in [0.3, 0.4) is 0 Å². The SMILES string of the molecule is C=C(C)C(=O)OC(=O)C(=C)C.C=C(C)C(=O)OC1(C)COC(C)(O)C1C.CC1C(=O)OCC1(C)O.CC1C(C)(O)COC1(C)O.[CH3-].[Cl-].[Mg+2]. The maximum atomic E-state index is 11.4. The number of carbonyl (C=O) groups is 4. The summed E-state index contributed by atoms with van der Waals surface area (Å²) in [6.07, 6.45) is 0. The van der Waals surface area contributed by atoms with Gasteiger partial charge in [0.05, 0.1) is 30.7 Å². The Morgan fingerprint density at radius 1 is 0.708 bits per heavy atom. The van der Waals surface area contributed by atoms with E-state index >= 15 is 0 Å². The molecule has 0 aromatic rings. The maximum Gasteiger partial charge on any atom is 2.00 e. The molecule has 3 aliphatic rings. The van der Waals surface area contributed by atoms with Crippen LogP contribution in [0.15, 0.2) is 36.5 Å². The molecule has 0 aromatic carbocycles. The van der Waals surface area contributed by atoms with Crippen molar-refractivity contribution in [1.29, 1.82) is 0 Å². The standard InChI is InChI=1S/C11H18O4.C8H10O3.C7H14O3.C6H10O3.CH3.ClH.Mg/c1-7(2)9(12)15-10(4)6-14-11(5,13)8(10)3;1-5(2)7(9)11-8(10)6(3)4;1-5-6(2,8)4-10-7(5,3)9;1-4-5(7)9-3-6(4,2)8;;;/h8,13H,1,6H2,2-5H3;1,3H2,2,4H3;5,8-9H,4H2,1-3H3;4,8H,3H2,1-2H3;1H3;1H;/q;;;;-1;;+2/p-1. The minimum atomic E-state index is -1.25. The van der Waals surface area contributed by atoms with Crippen LogP contribution in [0, 0.1) is 25.2 Å². The Kier molecular flexibility index (Phi) is 22.1. The van der Waals surface area contributed by atoms with Crippen molar-refractivity contribution in [2.45, 2.75) is 105 Å². The molecule has 8 unspecified atom stereocenters. The van der Waals surface area contributed by atoms with E-state index in [0.717, 1.165) is 0 Å². The number of carbonyl (C=O) groups excluding carboxylic acids is 4. The predicted octanol–water partition coefficient (Wildman–Crippen LogP) is -0.436. The van der Waals surface area contributed by atoms with E-state index < -0.39 is 46.3 Å². The van der Waals surface area contributed by atoms with E-state index in [-0.39, 0.29) is 97.6 Å². The summed E-state index contributed by atoms with van der Waals surface area (Å²) in [7, 11) is 0. The molecule has 3 fully saturated rings. The van der Waals surface area contributed by atoms with Gasteiger partial charge in [-0.3, -0.25) is 4.79 Å². The molecule has 0 aliphatic carbocycles. The van der Waals surface area contributed by atoms with Crippen molar-refractivity contribution in [3.05, 3.63) is 43.9 Å². The summed E-state index contributed by atoms with van der Waals surface area (Å²) in [5.41, 5.74) is -1.89. The van der Waals surface area contributed by atoms with Gasteiger partial charge in [-0.05, 0) is 62.3 Å². The molecule has 274 valence electrons. The van der Waals surface area contributed by atoms with E-state index in [0.29, 0.717) is 5.57 Å². The van der Waals surface area contributed by atoms with Crippen molar-refractivity contribution in [3.8, 4) is 0 Å². The van der Waals surface area contributed by atoms with Crippen LogP contribution in [0.1, 0.15) is 76.2 Å². The molecule has 8 atom stereocenters. The first-order chi connectivity index (χ1) is 20.0. The summed E-state index contributed by atoms with van der Waals surface area (Å²) < 4.78 is 24.3. The third kappa shape index (κ3) is 15.3. The van der Waals surface area contributed by atoms with Crippen LogP contribution in [0.5, 0.6) is 0 Å². The maximum absolute atomic E-state index is 11.4. The summed E-state index contributed by atoms with van der Waals surface area (Å²) in [6, 6.07) is 0. The predicted molar refractivity (Wildman–Crippen MR) is 175 cm³/mol. The Bertz CT molecular complexity index is 1120. The molecule has 0 radical (unpaired) electrons. The van der Waals surface area contributed by atoms with Gasteiger partial charge in [-0.15, -0.1) is 0 Å². The summed E-state index contributed by atoms with van der Waals surface area (Å²) in [5.74, 6) is -5.49. The zero-order chi connectivity index (χ0) is 35.9. The third-order valence-electron chi connectivity index (χ3n) is 8.11. The monoisotopic (exact) mass is 718 g/mol. The van der Waals surface area contributed by atoms with Gasteiger partial charge in [0.15, 0.2) is 11.6 Å². The first kappa shape index (κ1) is 52.9. The molecule has 13 nitrogen and oxygen atoms in total. The van der Waals surface area contributed by atoms with Crippen LogP contribution < -0.4 is 12.4 Å². The molecule has 15 heteroatoms. The summed E-state index contributed by atoms with van der Waals surface area (Å²) in [6.45, 7) is 28.6. The molecule has 0 spiro atoms. The van der Waals surface area contributed by atoms with E-state index in [1.54, 1.807) is 62.3 Å². The Hall–Kier alpha value is -1.88. The fourth-order valence-corrected chi connectivity index (χ4v) is 3.62. The largest absolute Gasteiger partial charge is 2.00 e. The van der Waals surface area contributed by atoms with E-state index in [2.05, 4.69) is 29.2 Å². The molecule has 3 saturated heterocycles. The molecule has 48 heavy (non-hydrogen) atoms. The van der Waals surface area contributed by atoms with Gasteiger partial charge in [0.2, 0.25) is 0 Å². The second kappa shape index (κ2) is 20.1. The number of hydrogen-bond acceptors (Lipinski definition) is 13. The van der Waals surface area contributed by atoms with Crippen molar-refractivity contribution < 1.29 is 75.7 Å². The number of cyclic esters (lactones) is 1. The number of ether oxygens (including phenoxy) is 5. The quantitative estimate of drug-likeness (QED) is 0.0731. The van der Waals surface area contributed by atoms with Crippen LogP contribution in [0.25, 0.3) is 0 Å². The summed E-state index contributed by atoms with van der Waals surface area (Å²) in [4.78, 5) is 43.4. The van der Waals surface area contributed by atoms with E-state index in [1.807, 2.05) is 0 Å². The normalized spacial score (nSPS) is 34.1. The molecule has 4 N–H and O–H groups in total. The molecule has 3 rings (SSSR count). The molecule has 3 aliphatic heterocycles. The Morgan fingerprint density at radius 3 is 1.27 bits per heavy atom. The second-order valence-electron chi connectivity index (χ2n) is 12.9. The van der Waals surface area contributed by atoms with Gasteiger partial charge in [-0.1, -0.05) is 33.6 Å². The van der Waals surface area contributed by atoms with Crippen LogP contribution in [-0.2, 0) is 42.9 Å². The van der Waals surface area contributed by atoms with Gasteiger partial charge in [0.25, 0.3) is 0 Å². The Morgan fingerprint density at radius 2 is 1.08 bits per heavy atom. The number of esters is 4. The zero-order valence-electron chi connectivity index (χ0n) is 30.5. The van der Waals surface area contributed by atoms with Gasteiger partial charge < -0.3 is 63.9 Å². The number of hydrogen-bond donors (Lipinski definition) is 4. The topological polar surface area (TPSA) is 195 Å². The molecule has 0 bridgehead atoms. The van der Waals surface area contributed by atoms with Crippen molar-refractivity contribution in [1.82, 2.24) is 0 Å². The Balaban J connectivity index is -0.000000268. The summed E-state index contributed by atoms with van der Waals surface area (Å²) >= 11 is 0. The average molecular weight is 720 g/mol. The van der Waals surface area contributed by atoms with E-state index in [4.69, 9.17) is 14.2 Å². The van der Waals surface area contributed by atoms with Crippen LogP contribution in [-0.4, -0.2) is 116 Å². The minimum Gasteiger partial charge on any atom is -1.00 e. The van der Waals surface area contributed by atoms with Crippen LogP contribution >= 0.6 is 0 Å². The van der Waals surface area contributed by atoms with Gasteiger partial charge >= 0.3 is 46.9 Å². The van der Waals surface area contributed by atoms with Gasteiger partial charge in [0, 0.05) is 22.6 Å². The van der Waals surface area contributed by atoms with Crippen LogP contribution in [0.2, 0.25) is 0 Å². The number of halogens is 1. The van der Waals surface area contributed by atoms with Crippen molar-refractivity contribution in [3.63, 3.8) is 0 Å². The smallest absolute Gasteiger partial charge is 1.00 e. The zero-order valence-corrected chi connectivity index (χ0v) is 32.7. The molecule has 0 amide bonds. The number of rotatable bonds is 4. The van der Waals surface area contributed by atoms with E-state index in [1.165, 1.54) is 13.8 Å². The third-order valence-corrected chi connectivity index (χ3v) is 8.11. The van der Waals surface area contributed by atoms with Crippen molar-refractivity contribution >= 4 is 46.9 Å². The molecular weight excluding hydrogens is 664 g/mol. The second-order valence-corrected chi connectivity index (χ2v) is 12.9. The first-order valence-corrected chi connectivity index (χ1v) is 14.3. The first-order valence-electron chi connectivity index (χ1n) is 14.3. The molecule has 3 heterocycles. The van der Waals surface area contributed by atoms with Crippen LogP contribution in [0.4, 0.5) is 0 Å². The fraction of sp³-hybridized carbons (Fsp3) is 0.667. The van der Waals surface area contributed by atoms with Gasteiger partial charge in [-0.2, -0.15) is 0 Å². The van der Waals surface area contributed by atoms with Crippen molar-refractivity contribution in [2.75, 3.05) is 19.8 Å².